The molecule has 0 aliphatic heterocycles. The second-order valence-corrected chi connectivity index (χ2v) is 6.19. The Labute approximate surface area is 184 Å². The van der Waals surface area contributed by atoms with Crippen molar-refractivity contribution in [2.45, 2.75) is 12.8 Å². The molecular formula is C22H24O10. The van der Waals surface area contributed by atoms with Crippen molar-refractivity contribution >= 4 is 23.9 Å². The summed E-state index contributed by atoms with van der Waals surface area (Å²) in [5.74, 6) is -2.28. The largest absolute Gasteiger partial charge is 0.496 e. The molecule has 172 valence electrons. The van der Waals surface area contributed by atoms with Crippen molar-refractivity contribution in [1.29, 1.82) is 0 Å². The highest BCUT2D eigenvalue weighted by Gasteiger charge is 2.14. The van der Waals surface area contributed by atoms with Crippen molar-refractivity contribution in [3.8, 4) is 11.5 Å². The van der Waals surface area contributed by atoms with Crippen LogP contribution in [0.25, 0.3) is 0 Å². The van der Waals surface area contributed by atoms with Gasteiger partial charge in [0, 0.05) is 0 Å². The molecule has 0 bridgehead atoms. The summed E-state index contributed by atoms with van der Waals surface area (Å²) in [6.07, 6.45) is -0.227. The number of ether oxygens (including phenoxy) is 4. The zero-order chi connectivity index (χ0) is 24.3. The fourth-order valence-corrected chi connectivity index (χ4v) is 2.60. The van der Waals surface area contributed by atoms with Gasteiger partial charge in [0.2, 0.25) is 0 Å². The van der Waals surface area contributed by atoms with Gasteiger partial charge in [-0.05, 0) is 35.4 Å². The highest BCUT2D eigenvalue weighted by molar-refractivity contribution is 5.93. The first kappa shape index (κ1) is 26.0. The van der Waals surface area contributed by atoms with Crippen molar-refractivity contribution in [2.24, 2.45) is 0 Å². The average Bonchev–Trinajstić information content (AvgIpc) is 2.77. The van der Waals surface area contributed by atoms with Crippen molar-refractivity contribution in [3.63, 3.8) is 0 Å². The molecule has 0 atom stereocenters. The highest BCUT2D eigenvalue weighted by atomic mass is 16.5. The Morgan fingerprint density at radius 3 is 1.25 bits per heavy atom. The first-order chi connectivity index (χ1) is 15.2. The summed E-state index contributed by atoms with van der Waals surface area (Å²) in [5, 5.41) is 17.2. The van der Waals surface area contributed by atoms with E-state index in [0.29, 0.717) is 22.6 Å². The Hall–Kier alpha value is -4.08. The Kier molecular flexibility index (Phi) is 10.2. The van der Waals surface area contributed by atoms with E-state index in [1.807, 2.05) is 0 Å². The molecule has 0 fully saturated rings. The van der Waals surface area contributed by atoms with Crippen molar-refractivity contribution in [3.05, 3.63) is 58.7 Å². The molecule has 2 aromatic carbocycles. The molecule has 10 heteroatoms. The van der Waals surface area contributed by atoms with Crippen LogP contribution in [0, 0.1) is 0 Å². The van der Waals surface area contributed by atoms with Gasteiger partial charge in [0.25, 0.3) is 0 Å². The molecule has 0 aliphatic carbocycles. The van der Waals surface area contributed by atoms with Crippen LogP contribution < -0.4 is 9.47 Å². The van der Waals surface area contributed by atoms with Crippen LogP contribution in [0.5, 0.6) is 11.5 Å². The minimum atomic E-state index is -0.937. The summed E-state index contributed by atoms with van der Waals surface area (Å²) in [6, 6.07) is 9.12. The third kappa shape index (κ3) is 7.63. The van der Waals surface area contributed by atoms with Gasteiger partial charge in [-0.25, -0.2) is 9.59 Å². The van der Waals surface area contributed by atoms with Gasteiger partial charge in [-0.2, -0.15) is 0 Å². The number of carboxylic acids is 2. The molecule has 0 aliphatic rings. The number of methoxy groups -OCH3 is 4. The molecule has 0 heterocycles. The SMILES string of the molecule is COC(=O)c1ccc(CC(=O)O)cc1OC.COC(=O)c1ccc(CC(=O)O)cc1OC. The summed E-state index contributed by atoms with van der Waals surface area (Å²) in [6.45, 7) is 0. The predicted molar refractivity (Wildman–Crippen MR) is 111 cm³/mol. The van der Waals surface area contributed by atoms with Crippen LogP contribution in [-0.2, 0) is 31.9 Å². The van der Waals surface area contributed by atoms with Crippen LogP contribution in [0.3, 0.4) is 0 Å². The highest BCUT2D eigenvalue weighted by Crippen LogP contribution is 2.22. The molecule has 0 saturated heterocycles. The normalized spacial score (nSPS) is 9.62. The van der Waals surface area contributed by atoms with E-state index in [1.54, 1.807) is 12.1 Å². The standard InChI is InChI=1S/2C11H12O5/c2*1-15-9-5-7(6-10(12)13)3-4-8(9)11(14)16-2/h2*3-5H,6H2,1-2H3,(H,12,13). The number of benzene rings is 2. The Bertz CT molecular complexity index is 901. The van der Waals surface area contributed by atoms with E-state index in [1.165, 1.54) is 52.7 Å². The number of carbonyl (C=O) groups excluding carboxylic acids is 2. The predicted octanol–water partition coefficient (Wildman–Crippen LogP) is 2.22. The number of carbonyl (C=O) groups is 4. The third-order valence-corrected chi connectivity index (χ3v) is 4.05. The summed E-state index contributed by atoms with van der Waals surface area (Å²) in [5.41, 5.74) is 1.69. The maximum absolute atomic E-state index is 11.3. The van der Waals surface area contributed by atoms with Crippen LogP contribution in [0.2, 0.25) is 0 Å². The fraction of sp³-hybridized carbons (Fsp3) is 0.273. The molecular weight excluding hydrogens is 424 g/mol. The van der Waals surface area contributed by atoms with Crippen LogP contribution in [-0.4, -0.2) is 62.5 Å². The number of hydrogen-bond acceptors (Lipinski definition) is 8. The fourth-order valence-electron chi connectivity index (χ4n) is 2.60. The molecule has 0 amide bonds. The van der Waals surface area contributed by atoms with E-state index in [4.69, 9.17) is 19.7 Å². The van der Waals surface area contributed by atoms with E-state index in [0.717, 1.165) is 0 Å². The smallest absolute Gasteiger partial charge is 0.341 e. The van der Waals surface area contributed by atoms with Crippen LogP contribution >= 0.6 is 0 Å². The molecule has 0 saturated carbocycles. The Balaban J connectivity index is 0.000000320. The topological polar surface area (TPSA) is 146 Å². The zero-order valence-corrected chi connectivity index (χ0v) is 18.0. The molecule has 10 nitrogen and oxygen atoms in total. The third-order valence-electron chi connectivity index (χ3n) is 4.05. The van der Waals surface area contributed by atoms with E-state index < -0.39 is 23.9 Å². The first-order valence-corrected chi connectivity index (χ1v) is 9.10. The average molecular weight is 448 g/mol. The van der Waals surface area contributed by atoms with Crippen LogP contribution in [0.1, 0.15) is 31.8 Å². The van der Waals surface area contributed by atoms with E-state index >= 15 is 0 Å². The van der Waals surface area contributed by atoms with Gasteiger partial charge in [0.15, 0.2) is 0 Å². The first-order valence-electron chi connectivity index (χ1n) is 9.10. The molecule has 0 aromatic heterocycles. The van der Waals surface area contributed by atoms with Crippen LogP contribution in [0.15, 0.2) is 36.4 Å². The second-order valence-electron chi connectivity index (χ2n) is 6.19. The van der Waals surface area contributed by atoms with Crippen LogP contribution in [0.4, 0.5) is 0 Å². The lowest BCUT2D eigenvalue weighted by atomic mass is 10.1. The molecule has 0 unspecified atom stereocenters. The lowest BCUT2D eigenvalue weighted by Gasteiger charge is -2.08. The quantitative estimate of drug-likeness (QED) is 0.576. The molecule has 0 radical (unpaired) electrons. The molecule has 2 aromatic rings. The number of carboxylic acid groups (broad SMARTS) is 2. The number of aliphatic carboxylic acids is 2. The summed E-state index contributed by atoms with van der Waals surface area (Å²) in [7, 11) is 5.36. The molecule has 2 N–H and O–H groups in total. The summed E-state index contributed by atoms with van der Waals surface area (Å²) >= 11 is 0. The lowest BCUT2D eigenvalue weighted by Crippen LogP contribution is -2.06. The summed E-state index contributed by atoms with van der Waals surface area (Å²) < 4.78 is 19.1. The zero-order valence-electron chi connectivity index (χ0n) is 18.0. The lowest BCUT2D eigenvalue weighted by molar-refractivity contribution is -0.137. The summed E-state index contributed by atoms with van der Waals surface area (Å²) in [4.78, 5) is 43.6. The Morgan fingerprint density at radius 2 is 1.00 bits per heavy atom. The van der Waals surface area contributed by atoms with Gasteiger partial charge in [-0.1, -0.05) is 12.1 Å². The second kappa shape index (κ2) is 12.6. The number of rotatable bonds is 8. The minimum Gasteiger partial charge on any atom is -0.496 e. The monoisotopic (exact) mass is 448 g/mol. The molecule has 2 rings (SSSR count). The van der Waals surface area contributed by atoms with Gasteiger partial charge in [-0.3, -0.25) is 9.59 Å². The van der Waals surface area contributed by atoms with Gasteiger partial charge >= 0.3 is 23.9 Å². The Morgan fingerprint density at radius 1 is 0.656 bits per heavy atom. The van der Waals surface area contributed by atoms with E-state index in [-0.39, 0.29) is 24.0 Å². The molecule has 32 heavy (non-hydrogen) atoms. The van der Waals surface area contributed by atoms with Gasteiger partial charge < -0.3 is 29.2 Å². The minimum absolute atomic E-state index is 0.113. The van der Waals surface area contributed by atoms with Crippen molar-refractivity contribution < 1.29 is 48.3 Å². The van der Waals surface area contributed by atoms with E-state index in [2.05, 4.69) is 9.47 Å². The molecule has 0 spiro atoms. The van der Waals surface area contributed by atoms with Gasteiger partial charge in [-0.15, -0.1) is 0 Å². The van der Waals surface area contributed by atoms with E-state index in [9.17, 15) is 19.2 Å². The number of hydrogen-bond donors (Lipinski definition) is 2. The van der Waals surface area contributed by atoms with Crippen molar-refractivity contribution in [2.75, 3.05) is 28.4 Å². The van der Waals surface area contributed by atoms with Crippen molar-refractivity contribution in [1.82, 2.24) is 0 Å². The number of esters is 2. The van der Waals surface area contributed by atoms with Gasteiger partial charge in [0.1, 0.15) is 22.6 Å². The van der Waals surface area contributed by atoms with Gasteiger partial charge in [0.05, 0.1) is 41.3 Å². The maximum atomic E-state index is 11.3. The maximum Gasteiger partial charge on any atom is 0.341 e.